The Kier molecular flexibility index (Phi) is 3.54. The van der Waals surface area contributed by atoms with Gasteiger partial charge >= 0.3 is 0 Å². The lowest BCUT2D eigenvalue weighted by Crippen LogP contribution is -2.37. The molecule has 0 aromatic heterocycles. The van der Waals surface area contributed by atoms with Crippen molar-refractivity contribution in [2.75, 3.05) is 23.0 Å². The third-order valence-electron chi connectivity index (χ3n) is 3.90. The van der Waals surface area contributed by atoms with Crippen LogP contribution in [-0.2, 0) is 9.84 Å². The van der Waals surface area contributed by atoms with Crippen LogP contribution in [-0.4, -0.2) is 48.6 Å². The lowest BCUT2D eigenvalue weighted by molar-refractivity contribution is 0.373. The number of sulfone groups is 1. The van der Waals surface area contributed by atoms with Crippen molar-refractivity contribution in [3.63, 3.8) is 0 Å². The summed E-state index contributed by atoms with van der Waals surface area (Å²) in [6.07, 6.45) is 0. The van der Waals surface area contributed by atoms with E-state index in [1.54, 1.807) is 0 Å². The Hall–Kier alpha value is -0.660. The van der Waals surface area contributed by atoms with Gasteiger partial charge in [0.15, 0.2) is 14.9 Å². The molecule has 4 nitrogen and oxygen atoms in total. The summed E-state index contributed by atoms with van der Waals surface area (Å²) in [4.78, 5) is 4.03. The largest absolute Gasteiger partial charge is 0.343 e. The normalized spacial score (nSPS) is 28.0. The van der Waals surface area contributed by atoms with E-state index < -0.39 is 9.84 Å². The first-order valence-corrected chi connectivity index (χ1v) is 9.51. The van der Waals surface area contributed by atoms with Crippen molar-refractivity contribution >= 4 is 48.8 Å². The van der Waals surface area contributed by atoms with Crippen LogP contribution in [0, 0.1) is 0 Å². The molecule has 0 bridgehead atoms. The van der Waals surface area contributed by atoms with Crippen LogP contribution in [0.5, 0.6) is 0 Å². The molecule has 2 atom stereocenters. The number of nitrogens with zero attached hydrogens (tertiary/aromatic N) is 2. The summed E-state index contributed by atoms with van der Waals surface area (Å²) >= 11 is 9.01. The van der Waals surface area contributed by atoms with Gasteiger partial charge in [-0.25, -0.2) is 8.42 Å². The van der Waals surface area contributed by atoms with Crippen molar-refractivity contribution in [1.82, 2.24) is 4.90 Å². The van der Waals surface area contributed by atoms with E-state index in [-0.39, 0.29) is 23.6 Å². The lowest BCUT2D eigenvalue weighted by atomic mass is 10.1. The van der Waals surface area contributed by atoms with Gasteiger partial charge in [0, 0.05) is 16.7 Å². The van der Waals surface area contributed by atoms with Gasteiger partial charge in [0.05, 0.1) is 23.6 Å². The summed E-state index contributed by atoms with van der Waals surface area (Å²) in [7, 11) is -2.98. The van der Waals surface area contributed by atoms with Gasteiger partial charge in [-0.1, -0.05) is 22.0 Å². The van der Waals surface area contributed by atoms with Gasteiger partial charge in [0.2, 0.25) is 0 Å². The zero-order valence-corrected chi connectivity index (χ0v) is 14.2. The third kappa shape index (κ3) is 2.25. The highest BCUT2D eigenvalue weighted by Crippen LogP contribution is 2.35. The van der Waals surface area contributed by atoms with Gasteiger partial charge in [-0.2, -0.15) is 0 Å². The highest BCUT2D eigenvalue weighted by atomic mass is 79.9. The van der Waals surface area contributed by atoms with Crippen LogP contribution >= 0.6 is 28.1 Å². The minimum absolute atomic E-state index is 0.0171. The number of hydrogen-bond acceptors (Lipinski definition) is 3. The minimum atomic E-state index is -2.98. The number of rotatable bonds is 2. The molecule has 2 saturated heterocycles. The van der Waals surface area contributed by atoms with E-state index in [1.165, 1.54) is 0 Å². The molecule has 0 aliphatic carbocycles. The second-order valence-electron chi connectivity index (χ2n) is 5.13. The number of fused-ring (bicyclic) bond motifs is 1. The van der Waals surface area contributed by atoms with Crippen molar-refractivity contribution < 1.29 is 8.42 Å². The molecule has 0 radical (unpaired) electrons. The van der Waals surface area contributed by atoms with Crippen molar-refractivity contribution in [1.29, 1.82) is 0 Å². The first-order chi connectivity index (χ1) is 9.43. The summed E-state index contributed by atoms with van der Waals surface area (Å²) in [6, 6.07) is 7.75. The van der Waals surface area contributed by atoms with E-state index in [9.17, 15) is 8.42 Å². The van der Waals surface area contributed by atoms with Crippen molar-refractivity contribution in [3.8, 4) is 0 Å². The van der Waals surface area contributed by atoms with E-state index in [0.717, 1.165) is 21.8 Å². The predicted molar refractivity (Wildman–Crippen MR) is 87.8 cm³/mol. The molecular weight excluding hydrogens is 360 g/mol. The molecular formula is C13H15BrN2O2S2. The SMILES string of the molecule is CCN1C(=S)N(c2cccc(Br)c2)[C@@H]2CS(=O)(=O)C[C@@H]21. The molecule has 0 spiro atoms. The highest BCUT2D eigenvalue weighted by molar-refractivity contribution is 9.10. The lowest BCUT2D eigenvalue weighted by Gasteiger charge is -2.25. The van der Waals surface area contributed by atoms with Crippen LogP contribution < -0.4 is 4.90 Å². The summed E-state index contributed by atoms with van der Waals surface area (Å²) in [5.74, 6) is 0.386. The van der Waals surface area contributed by atoms with Crippen LogP contribution in [0.4, 0.5) is 5.69 Å². The first kappa shape index (κ1) is 14.3. The summed E-state index contributed by atoms with van der Waals surface area (Å²) in [6.45, 7) is 2.75. The zero-order valence-electron chi connectivity index (χ0n) is 11.0. The molecule has 0 amide bonds. The van der Waals surface area contributed by atoms with Gasteiger partial charge in [-0.3, -0.25) is 0 Å². The monoisotopic (exact) mass is 374 g/mol. The number of benzene rings is 1. The van der Waals surface area contributed by atoms with Crippen LogP contribution in [0.2, 0.25) is 0 Å². The Balaban J connectivity index is 2.04. The molecule has 2 fully saturated rings. The number of hydrogen-bond donors (Lipinski definition) is 0. The van der Waals surface area contributed by atoms with Gasteiger partial charge < -0.3 is 9.80 Å². The Bertz CT molecular complexity index is 662. The highest BCUT2D eigenvalue weighted by Gasteiger charge is 2.51. The van der Waals surface area contributed by atoms with Gasteiger partial charge in [0.1, 0.15) is 0 Å². The summed E-state index contributed by atoms with van der Waals surface area (Å²) < 4.78 is 24.9. The van der Waals surface area contributed by atoms with Gasteiger partial charge in [-0.05, 0) is 37.3 Å². The zero-order chi connectivity index (χ0) is 14.5. The number of anilines is 1. The maximum absolute atomic E-state index is 12.0. The third-order valence-corrected chi connectivity index (χ3v) is 6.53. The maximum atomic E-state index is 12.0. The van der Waals surface area contributed by atoms with E-state index >= 15 is 0 Å². The summed E-state index contributed by atoms with van der Waals surface area (Å²) in [5, 5.41) is 0.732. The average Bonchev–Trinajstić information content (AvgIpc) is 2.78. The summed E-state index contributed by atoms with van der Waals surface area (Å²) in [5.41, 5.74) is 0.951. The first-order valence-electron chi connectivity index (χ1n) is 6.49. The van der Waals surface area contributed by atoms with Crippen molar-refractivity contribution in [3.05, 3.63) is 28.7 Å². The van der Waals surface area contributed by atoms with Gasteiger partial charge in [0.25, 0.3) is 0 Å². The maximum Gasteiger partial charge on any atom is 0.176 e. The molecule has 0 unspecified atom stereocenters. The Morgan fingerprint density at radius 2 is 2.05 bits per heavy atom. The molecule has 3 rings (SSSR count). The Labute approximate surface area is 132 Å². The van der Waals surface area contributed by atoms with Crippen molar-refractivity contribution in [2.45, 2.75) is 19.0 Å². The second-order valence-corrected chi connectivity index (χ2v) is 8.56. The number of halogens is 1. The molecule has 2 aliphatic heterocycles. The quantitative estimate of drug-likeness (QED) is 0.740. The minimum Gasteiger partial charge on any atom is -0.343 e. The molecule has 7 heteroatoms. The van der Waals surface area contributed by atoms with Crippen LogP contribution in [0.25, 0.3) is 0 Å². The fourth-order valence-electron chi connectivity index (χ4n) is 3.07. The molecule has 0 saturated carbocycles. The van der Waals surface area contributed by atoms with E-state index in [1.807, 2.05) is 41.0 Å². The fourth-order valence-corrected chi connectivity index (χ4v) is 5.92. The smallest absolute Gasteiger partial charge is 0.176 e. The molecule has 108 valence electrons. The van der Waals surface area contributed by atoms with E-state index in [2.05, 4.69) is 15.9 Å². The molecule has 1 aromatic carbocycles. The Morgan fingerprint density at radius 3 is 2.70 bits per heavy atom. The predicted octanol–water partition coefficient (Wildman–Crippen LogP) is 2.04. The topological polar surface area (TPSA) is 40.6 Å². The van der Waals surface area contributed by atoms with Crippen molar-refractivity contribution in [2.24, 2.45) is 0 Å². The number of likely N-dealkylation sites (N-methyl/N-ethyl adjacent to an activating group) is 1. The average molecular weight is 375 g/mol. The fraction of sp³-hybridized carbons (Fsp3) is 0.462. The molecule has 0 N–H and O–H groups in total. The Morgan fingerprint density at radius 1 is 1.35 bits per heavy atom. The van der Waals surface area contributed by atoms with E-state index in [4.69, 9.17) is 12.2 Å². The standard InChI is InChI=1S/C13H15BrN2O2S2/c1-2-15-11-7-20(17,18)8-12(11)16(13(15)19)10-5-3-4-9(14)6-10/h3-6,11-12H,2,7-8H2,1H3/t11-,12+/m0/s1. The van der Waals surface area contributed by atoms with Gasteiger partial charge in [-0.15, -0.1) is 0 Å². The molecule has 2 heterocycles. The number of thiocarbonyl (C=S) groups is 1. The van der Waals surface area contributed by atoms with Crippen LogP contribution in [0.3, 0.4) is 0 Å². The second kappa shape index (κ2) is 4.96. The molecule has 2 aliphatic rings. The van der Waals surface area contributed by atoms with Crippen LogP contribution in [0.15, 0.2) is 28.7 Å². The van der Waals surface area contributed by atoms with E-state index in [0.29, 0.717) is 0 Å². The molecule has 20 heavy (non-hydrogen) atoms. The molecule has 1 aromatic rings. The van der Waals surface area contributed by atoms with Crippen LogP contribution in [0.1, 0.15) is 6.92 Å².